The highest BCUT2D eigenvalue weighted by Gasteiger charge is 2.28. The van der Waals surface area contributed by atoms with Gasteiger partial charge in [-0.15, -0.1) is 0 Å². The van der Waals surface area contributed by atoms with Crippen molar-refractivity contribution in [2.24, 2.45) is 0 Å². The van der Waals surface area contributed by atoms with Crippen LogP contribution in [0.2, 0.25) is 10.0 Å². The van der Waals surface area contributed by atoms with Crippen molar-refractivity contribution in [1.82, 2.24) is 4.31 Å². The van der Waals surface area contributed by atoms with Crippen LogP contribution < -0.4 is 5.32 Å². The van der Waals surface area contributed by atoms with Gasteiger partial charge in [-0.3, -0.25) is 4.79 Å². The summed E-state index contributed by atoms with van der Waals surface area (Å²) in [6.45, 7) is 0.995. The van der Waals surface area contributed by atoms with Crippen LogP contribution in [0.15, 0.2) is 71.6 Å². The quantitative estimate of drug-likeness (QED) is 0.447. The number of rotatable bonds is 8. The van der Waals surface area contributed by atoms with Gasteiger partial charge in [0, 0.05) is 27.8 Å². The number of halogens is 3. The zero-order valence-corrected chi connectivity index (χ0v) is 19.5. The highest BCUT2D eigenvalue weighted by Crippen LogP contribution is 2.25. The predicted molar refractivity (Wildman–Crippen MR) is 125 cm³/mol. The number of hydrogen-bond acceptors (Lipinski definition) is 3. The van der Waals surface area contributed by atoms with Gasteiger partial charge in [0.2, 0.25) is 15.9 Å². The molecule has 0 saturated carbocycles. The molecular weight excluding hydrogens is 474 g/mol. The fourth-order valence-corrected chi connectivity index (χ4v) is 4.85. The molecule has 3 aromatic rings. The molecule has 0 saturated heterocycles. The highest BCUT2D eigenvalue weighted by atomic mass is 35.5. The average Bonchev–Trinajstić information content (AvgIpc) is 2.76. The maximum atomic E-state index is 14.4. The third-order valence-corrected chi connectivity index (χ3v) is 7.25. The van der Waals surface area contributed by atoms with Crippen LogP contribution in [0.4, 0.5) is 10.1 Å². The maximum Gasteiger partial charge on any atom is 0.243 e. The summed E-state index contributed by atoms with van der Waals surface area (Å²) in [7, 11) is -4.16. The summed E-state index contributed by atoms with van der Waals surface area (Å²) >= 11 is 12.0. The first-order valence-corrected chi connectivity index (χ1v) is 12.0. The number of para-hydroxylation sites is 1. The maximum absolute atomic E-state index is 14.4. The Morgan fingerprint density at radius 3 is 2.34 bits per heavy atom. The lowest BCUT2D eigenvalue weighted by Crippen LogP contribution is -2.38. The first kappa shape index (κ1) is 24.2. The zero-order chi connectivity index (χ0) is 23.3. The number of benzene rings is 3. The van der Waals surface area contributed by atoms with E-state index in [2.05, 4.69) is 5.32 Å². The number of amides is 1. The van der Waals surface area contributed by atoms with Gasteiger partial charge in [0.1, 0.15) is 5.82 Å². The van der Waals surface area contributed by atoms with Crippen molar-refractivity contribution in [3.63, 3.8) is 0 Å². The second-order valence-corrected chi connectivity index (χ2v) is 9.77. The van der Waals surface area contributed by atoms with E-state index in [1.54, 1.807) is 12.1 Å². The standard InChI is InChI=1S/C23H21Cl2FN2O3S/c1-2-16-6-3-4-9-22(16)27-23(29)15-28(14-19-20(25)7-5-8-21(19)26)32(30,31)18-12-10-17(24)11-13-18/h3-13H,2,14-15H2,1H3,(H,27,29). The molecule has 3 rings (SSSR count). The topological polar surface area (TPSA) is 66.5 Å². The second kappa shape index (κ2) is 10.4. The Morgan fingerprint density at radius 1 is 1.00 bits per heavy atom. The number of aryl methyl sites for hydroxylation is 1. The molecule has 1 N–H and O–H groups in total. The Balaban J connectivity index is 1.94. The lowest BCUT2D eigenvalue weighted by atomic mass is 10.1. The SMILES string of the molecule is CCc1ccccc1NC(=O)CN(Cc1c(F)cccc1Cl)S(=O)(=O)c1ccc(Cl)cc1. The second-order valence-electron chi connectivity index (χ2n) is 6.99. The molecule has 0 radical (unpaired) electrons. The summed E-state index contributed by atoms with van der Waals surface area (Å²) in [5.41, 5.74) is 1.48. The summed E-state index contributed by atoms with van der Waals surface area (Å²) in [6, 6.07) is 16.8. The van der Waals surface area contributed by atoms with Crippen molar-refractivity contribution in [3.05, 3.63) is 93.7 Å². The molecule has 0 fully saturated rings. The normalized spacial score (nSPS) is 11.5. The Kier molecular flexibility index (Phi) is 7.90. The van der Waals surface area contributed by atoms with Gasteiger partial charge in [-0.1, -0.05) is 54.4 Å². The van der Waals surface area contributed by atoms with Crippen molar-refractivity contribution >= 4 is 44.8 Å². The smallest absolute Gasteiger partial charge is 0.243 e. The van der Waals surface area contributed by atoms with E-state index < -0.39 is 34.8 Å². The minimum atomic E-state index is -4.16. The number of carbonyl (C=O) groups is 1. The van der Waals surface area contributed by atoms with E-state index in [0.717, 1.165) is 9.87 Å². The monoisotopic (exact) mass is 494 g/mol. The molecule has 0 bridgehead atoms. The van der Waals surface area contributed by atoms with E-state index in [1.165, 1.54) is 42.5 Å². The first-order valence-electron chi connectivity index (χ1n) is 9.78. The molecule has 1 amide bonds. The van der Waals surface area contributed by atoms with Gasteiger partial charge in [0.15, 0.2) is 0 Å². The Bertz CT molecular complexity index is 1200. The Hall–Kier alpha value is -2.45. The third kappa shape index (κ3) is 5.66. The zero-order valence-electron chi connectivity index (χ0n) is 17.2. The number of carbonyl (C=O) groups excluding carboxylic acids is 1. The van der Waals surface area contributed by atoms with Gasteiger partial charge in [-0.2, -0.15) is 4.31 Å². The number of anilines is 1. The molecule has 168 valence electrons. The summed E-state index contributed by atoms with van der Waals surface area (Å²) < 4.78 is 41.9. The first-order chi connectivity index (χ1) is 15.2. The van der Waals surface area contributed by atoms with Gasteiger partial charge < -0.3 is 5.32 Å². The summed E-state index contributed by atoms with van der Waals surface area (Å²) in [5.74, 6) is -1.22. The van der Waals surface area contributed by atoms with Crippen molar-refractivity contribution in [3.8, 4) is 0 Å². The fourth-order valence-electron chi connectivity index (χ4n) is 3.14. The van der Waals surface area contributed by atoms with Gasteiger partial charge >= 0.3 is 0 Å². The molecule has 0 atom stereocenters. The summed E-state index contributed by atoms with van der Waals surface area (Å²) in [6.07, 6.45) is 0.689. The molecule has 3 aromatic carbocycles. The Morgan fingerprint density at radius 2 is 1.69 bits per heavy atom. The minimum absolute atomic E-state index is 0.0199. The van der Waals surface area contributed by atoms with E-state index in [9.17, 15) is 17.6 Å². The Labute approximate surface area is 196 Å². The van der Waals surface area contributed by atoms with Gasteiger partial charge in [0.05, 0.1) is 11.4 Å². The van der Waals surface area contributed by atoms with Crippen LogP contribution in [-0.2, 0) is 27.8 Å². The molecule has 0 aliphatic heterocycles. The van der Waals surface area contributed by atoms with Gasteiger partial charge in [-0.05, 0) is 54.4 Å². The fraction of sp³-hybridized carbons (Fsp3) is 0.174. The largest absolute Gasteiger partial charge is 0.325 e. The molecule has 0 heterocycles. The van der Waals surface area contributed by atoms with Gasteiger partial charge in [0.25, 0.3) is 0 Å². The van der Waals surface area contributed by atoms with Gasteiger partial charge in [-0.25, -0.2) is 12.8 Å². The number of nitrogens with zero attached hydrogens (tertiary/aromatic N) is 1. The molecule has 0 unspecified atom stereocenters. The average molecular weight is 495 g/mol. The highest BCUT2D eigenvalue weighted by molar-refractivity contribution is 7.89. The molecular formula is C23H21Cl2FN2O3S. The molecule has 9 heteroatoms. The van der Waals surface area contributed by atoms with E-state index in [4.69, 9.17) is 23.2 Å². The van der Waals surface area contributed by atoms with Crippen LogP contribution >= 0.6 is 23.2 Å². The summed E-state index contributed by atoms with van der Waals surface area (Å²) in [4.78, 5) is 12.7. The molecule has 5 nitrogen and oxygen atoms in total. The van der Waals surface area contributed by atoms with E-state index >= 15 is 0 Å². The molecule has 32 heavy (non-hydrogen) atoms. The van der Waals surface area contributed by atoms with Crippen molar-refractivity contribution in [2.75, 3.05) is 11.9 Å². The van der Waals surface area contributed by atoms with Crippen molar-refractivity contribution in [1.29, 1.82) is 0 Å². The third-order valence-electron chi connectivity index (χ3n) is 4.84. The molecule has 0 aliphatic rings. The number of nitrogens with one attached hydrogen (secondary N) is 1. The van der Waals surface area contributed by atoms with Crippen LogP contribution in [0.25, 0.3) is 0 Å². The lowest BCUT2D eigenvalue weighted by Gasteiger charge is -2.23. The van der Waals surface area contributed by atoms with Crippen molar-refractivity contribution in [2.45, 2.75) is 24.8 Å². The van der Waals surface area contributed by atoms with Crippen LogP contribution in [0.3, 0.4) is 0 Å². The van der Waals surface area contributed by atoms with E-state index in [-0.39, 0.29) is 15.5 Å². The lowest BCUT2D eigenvalue weighted by molar-refractivity contribution is -0.116. The van der Waals surface area contributed by atoms with E-state index in [1.807, 2.05) is 19.1 Å². The van der Waals surface area contributed by atoms with Crippen LogP contribution in [0, 0.1) is 5.82 Å². The number of sulfonamides is 1. The minimum Gasteiger partial charge on any atom is -0.325 e. The van der Waals surface area contributed by atoms with Crippen molar-refractivity contribution < 1.29 is 17.6 Å². The van der Waals surface area contributed by atoms with Crippen LogP contribution in [0.1, 0.15) is 18.1 Å². The van der Waals surface area contributed by atoms with Crippen LogP contribution in [-0.4, -0.2) is 25.2 Å². The molecule has 0 aromatic heterocycles. The van der Waals surface area contributed by atoms with Crippen LogP contribution in [0.5, 0.6) is 0 Å². The summed E-state index contributed by atoms with van der Waals surface area (Å²) in [5, 5.41) is 3.18. The predicted octanol–water partition coefficient (Wildman–Crippen LogP) is 5.52. The molecule has 0 spiro atoms. The molecule has 0 aliphatic carbocycles. The number of hydrogen-bond donors (Lipinski definition) is 1. The van der Waals surface area contributed by atoms with E-state index in [0.29, 0.717) is 17.1 Å².